The van der Waals surface area contributed by atoms with Gasteiger partial charge in [-0.3, -0.25) is 4.79 Å². The van der Waals surface area contributed by atoms with E-state index in [1.165, 1.54) is 15.7 Å². The average molecular weight is 308 g/mol. The number of rotatable bonds is 7. The Kier molecular flexibility index (Phi) is 6.38. The summed E-state index contributed by atoms with van der Waals surface area (Å²) in [6, 6.07) is -0.160. The lowest BCUT2D eigenvalue weighted by Crippen LogP contribution is -2.50. The van der Waals surface area contributed by atoms with Crippen LogP contribution in [0.15, 0.2) is 0 Å². The fourth-order valence-electron chi connectivity index (χ4n) is 2.30. The normalized spacial score (nSPS) is 18.9. The maximum atomic E-state index is 12.6. The number of aliphatic carboxylic acids is 1. The van der Waals surface area contributed by atoms with Crippen LogP contribution in [0, 0.1) is 5.92 Å². The minimum absolute atomic E-state index is 0.160. The zero-order valence-electron chi connectivity index (χ0n) is 12.3. The molecule has 1 N–H and O–H groups in total. The first-order chi connectivity index (χ1) is 9.30. The van der Waals surface area contributed by atoms with Crippen molar-refractivity contribution in [1.82, 2.24) is 8.61 Å². The van der Waals surface area contributed by atoms with Gasteiger partial charge in [-0.25, -0.2) is 0 Å². The largest absolute Gasteiger partial charge is 0.481 e. The van der Waals surface area contributed by atoms with Crippen LogP contribution in [-0.2, 0) is 19.7 Å². The highest BCUT2D eigenvalue weighted by Crippen LogP contribution is 2.22. The predicted octanol–water partition coefficient (Wildman–Crippen LogP) is 0.385. The van der Waals surface area contributed by atoms with Crippen molar-refractivity contribution in [2.45, 2.75) is 32.7 Å². The first-order valence-electron chi connectivity index (χ1n) is 6.79. The quantitative estimate of drug-likeness (QED) is 0.735. The molecule has 0 spiro atoms. The van der Waals surface area contributed by atoms with E-state index in [0.717, 1.165) is 0 Å². The van der Waals surface area contributed by atoms with E-state index in [9.17, 15) is 13.2 Å². The molecular weight excluding hydrogens is 284 g/mol. The van der Waals surface area contributed by atoms with Gasteiger partial charge in [0.15, 0.2) is 0 Å². The van der Waals surface area contributed by atoms with Gasteiger partial charge in [-0.15, -0.1) is 0 Å². The van der Waals surface area contributed by atoms with Gasteiger partial charge in [0.2, 0.25) is 0 Å². The number of piperidine rings is 1. The molecule has 0 radical (unpaired) electrons. The van der Waals surface area contributed by atoms with E-state index in [1.54, 1.807) is 0 Å². The molecule has 1 rings (SSSR count). The number of methoxy groups -OCH3 is 1. The van der Waals surface area contributed by atoms with Gasteiger partial charge in [-0.05, 0) is 26.7 Å². The molecule has 20 heavy (non-hydrogen) atoms. The zero-order chi connectivity index (χ0) is 15.3. The van der Waals surface area contributed by atoms with E-state index in [-0.39, 0.29) is 19.1 Å². The summed E-state index contributed by atoms with van der Waals surface area (Å²) < 4.78 is 32.8. The SMILES string of the molecule is COCCN(C(C)C)S(=O)(=O)N1CCC(C(=O)O)CC1. The van der Waals surface area contributed by atoms with Gasteiger partial charge in [-0.2, -0.15) is 17.0 Å². The first-order valence-corrected chi connectivity index (χ1v) is 8.19. The van der Waals surface area contributed by atoms with Crippen molar-refractivity contribution < 1.29 is 23.1 Å². The fourth-order valence-corrected chi connectivity index (χ4v) is 4.11. The summed E-state index contributed by atoms with van der Waals surface area (Å²) in [6.07, 6.45) is 0.732. The number of hydrogen-bond acceptors (Lipinski definition) is 4. The summed E-state index contributed by atoms with van der Waals surface area (Å²) in [5.74, 6) is -1.28. The predicted molar refractivity (Wildman–Crippen MR) is 74.6 cm³/mol. The third kappa shape index (κ3) is 4.15. The van der Waals surface area contributed by atoms with Crippen LogP contribution in [0.5, 0.6) is 0 Å². The van der Waals surface area contributed by atoms with E-state index >= 15 is 0 Å². The van der Waals surface area contributed by atoms with Crippen molar-refractivity contribution >= 4 is 16.2 Å². The number of carboxylic acids is 1. The number of hydrogen-bond donors (Lipinski definition) is 1. The van der Waals surface area contributed by atoms with E-state index in [0.29, 0.717) is 26.0 Å². The van der Waals surface area contributed by atoms with Crippen molar-refractivity contribution in [1.29, 1.82) is 0 Å². The van der Waals surface area contributed by atoms with Crippen molar-refractivity contribution in [2.24, 2.45) is 5.92 Å². The molecule has 0 unspecified atom stereocenters. The van der Waals surface area contributed by atoms with E-state index < -0.39 is 22.1 Å². The van der Waals surface area contributed by atoms with Crippen LogP contribution in [0.25, 0.3) is 0 Å². The molecule has 118 valence electrons. The molecule has 0 saturated carbocycles. The Morgan fingerprint density at radius 2 is 1.95 bits per heavy atom. The third-order valence-corrected chi connectivity index (χ3v) is 5.73. The number of carbonyl (C=O) groups is 1. The van der Waals surface area contributed by atoms with E-state index in [2.05, 4.69) is 0 Å². The Morgan fingerprint density at radius 3 is 2.35 bits per heavy atom. The lowest BCUT2D eigenvalue weighted by molar-refractivity contribution is -0.142. The van der Waals surface area contributed by atoms with Crippen LogP contribution in [0.2, 0.25) is 0 Å². The van der Waals surface area contributed by atoms with Crippen molar-refractivity contribution in [3.8, 4) is 0 Å². The van der Waals surface area contributed by atoms with Gasteiger partial charge in [-0.1, -0.05) is 0 Å². The Labute approximate surface area is 120 Å². The highest BCUT2D eigenvalue weighted by atomic mass is 32.2. The molecule has 0 atom stereocenters. The van der Waals surface area contributed by atoms with E-state index in [4.69, 9.17) is 9.84 Å². The Balaban J connectivity index is 2.74. The van der Waals surface area contributed by atoms with E-state index in [1.807, 2.05) is 13.8 Å². The number of nitrogens with zero attached hydrogens (tertiary/aromatic N) is 2. The lowest BCUT2D eigenvalue weighted by atomic mass is 9.99. The van der Waals surface area contributed by atoms with Crippen LogP contribution in [0.1, 0.15) is 26.7 Å². The second kappa shape index (κ2) is 7.35. The fraction of sp³-hybridized carbons (Fsp3) is 0.917. The Hall–Kier alpha value is -0.700. The Bertz CT molecular complexity index is 416. The van der Waals surface area contributed by atoms with Gasteiger partial charge in [0.25, 0.3) is 10.2 Å². The number of carboxylic acid groups (broad SMARTS) is 1. The standard InChI is InChI=1S/C12H24N2O5S/c1-10(2)14(8-9-19-3)20(17,18)13-6-4-11(5-7-13)12(15)16/h10-11H,4-9H2,1-3H3,(H,15,16). The third-order valence-electron chi connectivity index (χ3n) is 3.52. The van der Waals surface area contributed by atoms with Gasteiger partial charge < -0.3 is 9.84 Å². The summed E-state index contributed by atoms with van der Waals surface area (Å²) >= 11 is 0. The van der Waals surface area contributed by atoms with Crippen LogP contribution in [0.4, 0.5) is 0 Å². The summed E-state index contributed by atoms with van der Waals surface area (Å²) in [5.41, 5.74) is 0. The zero-order valence-corrected chi connectivity index (χ0v) is 13.1. The van der Waals surface area contributed by atoms with Crippen molar-refractivity contribution in [3.63, 3.8) is 0 Å². The van der Waals surface area contributed by atoms with Gasteiger partial charge in [0.1, 0.15) is 0 Å². The molecular formula is C12H24N2O5S. The van der Waals surface area contributed by atoms with Crippen LogP contribution < -0.4 is 0 Å². The molecule has 1 saturated heterocycles. The van der Waals surface area contributed by atoms with Crippen LogP contribution >= 0.6 is 0 Å². The molecule has 0 aromatic rings. The maximum absolute atomic E-state index is 12.6. The topological polar surface area (TPSA) is 87.2 Å². The second-order valence-corrected chi connectivity index (χ2v) is 7.10. The molecule has 8 heteroatoms. The van der Waals surface area contributed by atoms with Gasteiger partial charge in [0, 0.05) is 32.8 Å². The van der Waals surface area contributed by atoms with Gasteiger partial charge >= 0.3 is 5.97 Å². The molecule has 0 bridgehead atoms. The summed E-state index contributed by atoms with van der Waals surface area (Å²) in [6.45, 7) is 4.79. The number of ether oxygens (including phenoxy) is 1. The van der Waals surface area contributed by atoms with Crippen LogP contribution in [-0.4, -0.2) is 67.5 Å². The smallest absolute Gasteiger partial charge is 0.306 e. The highest BCUT2D eigenvalue weighted by molar-refractivity contribution is 7.86. The maximum Gasteiger partial charge on any atom is 0.306 e. The summed E-state index contributed by atoms with van der Waals surface area (Å²) in [7, 11) is -2.02. The van der Waals surface area contributed by atoms with Crippen LogP contribution in [0.3, 0.4) is 0 Å². The molecule has 0 amide bonds. The molecule has 0 aliphatic carbocycles. The van der Waals surface area contributed by atoms with Gasteiger partial charge in [0.05, 0.1) is 12.5 Å². The molecule has 0 aromatic heterocycles. The molecule has 0 aromatic carbocycles. The Morgan fingerprint density at radius 1 is 1.40 bits per heavy atom. The summed E-state index contributed by atoms with van der Waals surface area (Å²) in [4.78, 5) is 10.9. The first kappa shape index (κ1) is 17.4. The van der Waals surface area contributed by atoms with Crippen molar-refractivity contribution in [2.75, 3.05) is 33.4 Å². The molecule has 1 heterocycles. The second-order valence-electron chi connectivity index (χ2n) is 5.22. The highest BCUT2D eigenvalue weighted by Gasteiger charge is 2.35. The molecule has 1 aliphatic rings. The van der Waals surface area contributed by atoms with Crippen molar-refractivity contribution in [3.05, 3.63) is 0 Å². The molecule has 7 nitrogen and oxygen atoms in total. The minimum Gasteiger partial charge on any atom is -0.481 e. The monoisotopic (exact) mass is 308 g/mol. The molecule has 1 aliphatic heterocycles. The molecule has 1 fully saturated rings. The lowest BCUT2D eigenvalue weighted by Gasteiger charge is -2.35. The minimum atomic E-state index is -3.55. The summed E-state index contributed by atoms with van der Waals surface area (Å²) in [5, 5.41) is 8.95. The average Bonchev–Trinajstić information content (AvgIpc) is 2.38.